The number of anilines is 1. The number of nitrogens with one attached hydrogen (secondary N) is 1. The van der Waals surface area contributed by atoms with Crippen molar-refractivity contribution in [1.82, 2.24) is 19.3 Å². The van der Waals surface area contributed by atoms with E-state index in [9.17, 15) is 9.59 Å². The van der Waals surface area contributed by atoms with Gasteiger partial charge in [-0.15, -0.1) is 0 Å². The Morgan fingerprint density at radius 2 is 2.25 bits per heavy atom. The van der Waals surface area contributed by atoms with Crippen molar-refractivity contribution in [2.75, 3.05) is 5.32 Å². The summed E-state index contributed by atoms with van der Waals surface area (Å²) in [6.07, 6.45) is 2.72. The van der Waals surface area contributed by atoms with Crippen molar-refractivity contribution in [3.8, 4) is 6.07 Å². The van der Waals surface area contributed by atoms with Crippen molar-refractivity contribution >= 4 is 34.2 Å². The number of amides is 1. The largest absolute Gasteiger partial charge is 0.324 e. The van der Waals surface area contributed by atoms with Gasteiger partial charge in [-0.25, -0.2) is 4.98 Å². The second-order valence-electron chi connectivity index (χ2n) is 5.04. The van der Waals surface area contributed by atoms with E-state index in [1.807, 2.05) is 6.07 Å². The van der Waals surface area contributed by atoms with Crippen molar-refractivity contribution < 1.29 is 4.79 Å². The van der Waals surface area contributed by atoms with Crippen molar-refractivity contribution in [2.45, 2.75) is 6.54 Å². The van der Waals surface area contributed by atoms with Gasteiger partial charge >= 0.3 is 0 Å². The summed E-state index contributed by atoms with van der Waals surface area (Å²) in [5.74, 6) is -0.414. The number of aromatic nitrogens is 4. The molecule has 0 saturated carbocycles. The third kappa shape index (κ3) is 2.85. The first-order chi connectivity index (χ1) is 11.5. The Balaban J connectivity index is 1.80. The SMILES string of the molecule is Cn1ncc2c(=O)n(CC(=O)Nc3ccc(C#N)c(Cl)c3)cnc21. The zero-order chi connectivity index (χ0) is 17.3. The molecule has 0 fully saturated rings. The van der Waals surface area contributed by atoms with E-state index >= 15 is 0 Å². The quantitative estimate of drug-likeness (QED) is 0.772. The zero-order valence-electron chi connectivity index (χ0n) is 12.5. The first-order valence-corrected chi connectivity index (χ1v) is 7.24. The van der Waals surface area contributed by atoms with E-state index in [1.165, 1.54) is 33.9 Å². The van der Waals surface area contributed by atoms with Crippen LogP contribution in [0.2, 0.25) is 5.02 Å². The van der Waals surface area contributed by atoms with Gasteiger partial charge in [0, 0.05) is 12.7 Å². The molecule has 0 bridgehead atoms. The van der Waals surface area contributed by atoms with Crippen molar-refractivity contribution in [3.05, 3.63) is 51.7 Å². The highest BCUT2D eigenvalue weighted by Crippen LogP contribution is 2.20. The van der Waals surface area contributed by atoms with E-state index in [-0.39, 0.29) is 17.1 Å². The lowest BCUT2D eigenvalue weighted by Gasteiger charge is -2.08. The minimum Gasteiger partial charge on any atom is -0.324 e. The number of nitrogens with zero attached hydrogens (tertiary/aromatic N) is 5. The molecular weight excluding hydrogens is 332 g/mol. The minimum atomic E-state index is -0.414. The number of rotatable bonds is 3. The maximum absolute atomic E-state index is 12.3. The number of aryl methyl sites for hydroxylation is 1. The second kappa shape index (κ2) is 6.14. The average Bonchev–Trinajstić information content (AvgIpc) is 2.92. The highest BCUT2D eigenvalue weighted by Gasteiger charge is 2.11. The predicted octanol–water partition coefficient (Wildman–Crippen LogP) is 1.29. The van der Waals surface area contributed by atoms with Gasteiger partial charge in [0.1, 0.15) is 24.3 Å². The van der Waals surface area contributed by atoms with Crippen molar-refractivity contribution in [1.29, 1.82) is 5.26 Å². The van der Waals surface area contributed by atoms with Crippen LogP contribution in [0.4, 0.5) is 5.69 Å². The van der Waals surface area contributed by atoms with Gasteiger partial charge in [-0.05, 0) is 18.2 Å². The van der Waals surface area contributed by atoms with Crippen LogP contribution >= 0.6 is 11.6 Å². The Hall–Kier alpha value is -3.18. The van der Waals surface area contributed by atoms with E-state index in [1.54, 1.807) is 13.1 Å². The summed E-state index contributed by atoms with van der Waals surface area (Å²) in [5, 5.41) is 16.0. The van der Waals surface area contributed by atoms with Crippen molar-refractivity contribution in [2.24, 2.45) is 7.05 Å². The van der Waals surface area contributed by atoms with Gasteiger partial charge in [0.25, 0.3) is 5.56 Å². The molecular formula is C15H11ClN6O2. The molecule has 2 heterocycles. The maximum Gasteiger partial charge on any atom is 0.264 e. The number of halogens is 1. The molecule has 0 saturated heterocycles. The van der Waals surface area contributed by atoms with Crippen LogP contribution < -0.4 is 10.9 Å². The number of nitriles is 1. The van der Waals surface area contributed by atoms with E-state index in [4.69, 9.17) is 16.9 Å². The van der Waals surface area contributed by atoms with Crippen LogP contribution in [0.5, 0.6) is 0 Å². The average molecular weight is 343 g/mol. The number of carbonyl (C=O) groups is 1. The van der Waals surface area contributed by atoms with Gasteiger partial charge in [0.15, 0.2) is 5.65 Å². The number of carbonyl (C=O) groups excluding carboxylic acids is 1. The summed E-state index contributed by atoms with van der Waals surface area (Å²) >= 11 is 5.92. The summed E-state index contributed by atoms with van der Waals surface area (Å²) in [4.78, 5) is 28.5. The Morgan fingerprint density at radius 3 is 2.96 bits per heavy atom. The van der Waals surface area contributed by atoms with Crippen LogP contribution in [0.15, 0.2) is 35.5 Å². The maximum atomic E-state index is 12.3. The molecule has 9 heteroatoms. The van der Waals surface area contributed by atoms with Crippen LogP contribution in [-0.2, 0) is 18.4 Å². The Morgan fingerprint density at radius 1 is 1.46 bits per heavy atom. The number of hydrogen-bond donors (Lipinski definition) is 1. The molecule has 0 atom stereocenters. The molecule has 3 aromatic rings. The second-order valence-corrected chi connectivity index (χ2v) is 5.44. The molecule has 0 spiro atoms. The molecule has 0 aliphatic rings. The lowest BCUT2D eigenvalue weighted by atomic mass is 10.2. The van der Waals surface area contributed by atoms with Crippen LogP contribution in [0, 0.1) is 11.3 Å². The third-order valence-electron chi connectivity index (χ3n) is 3.41. The lowest BCUT2D eigenvalue weighted by molar-refractivity contribution is -0.116. The van der Waals surface area contributed by atoms with E-state index in [0.29, 0.717) is 22.3 Å². The van der Waals surface area contributed by atoms with Crippen LogP contribution in [0.25, 0.3) is 11.0 Å². The van der Waals surface area contributed by atoms with Gasteiger partial charge in [0.2, 0.25) is 5.91 Å². The van der Waals surface area contributed by atoms with E-state index in [2.05, 4.69) is 15.4 Å². The zero-order valence-corrected chi connectivity index (χ0v) is 13.3. The highest BCUT2D eigenvalue weighted by atomic mass is 35.5. The molecule has 1 N–H and O–H groups in total. The summed E-state index contributed by atoms with van der Waals surface area (Å²) in [6.45, 7) is -0.200. The smallest absolute Gasteiger partial charge is 0.264 e. The van der Waals surface area contributed by atoms with Gasteiger partial charge < -0.3 is 5.32 Å². The molecule has 24 heavy (non-hydrogen) atoms. The minimum absolute atomic E-state index is 0.200. The first kappa shape index (κ1) is 15.7. The molecule has 0 aliphatic carbocycles. The fourth-order valence-corrected chi connectivity index (χ4v) is 2.44. The molecule has 0 radical (unpaired) electrons. The van der Waals surface area contributed by atoms with E-state index in [0.717, 1.165) is 0 Å². The Labute approximate surface area is 140 Å². The van der Waals surface area contributed by atoms with Crippen LogP contribution in [0.3, 0.4) is 0 Å². The van der Waals surface area contributed by atoms with Crippen molar-refractivity contribution in [3.63, 3.8) is 0 Å². The number of fused-ring (bicyclic) bond motifs is 1. The summed E-state index contributed by atoms with van der Waals surface area (Å²) in [7, 11) is 1.68. The van der Waals surface area contributed by atoms with Gasteiger partial charge in [-0.1, -0.05) is 11.6 Å². The molecule has 0 unspecified atom stereocenters. The third-order valence-corrected chi connectivity index (χ3v) is 3.72. The summed E-state index contributed by atoms with van der Waals surface area (Å²) in [6, 6.07) is 6.48. The van der Waals surface area contributed by atoms with Gasteiger partial charge in [-0.3, -0.25) is 18.8 Å². The van der Waals surface area contributed by atoms with Crippen LogP contribution in [-0.4, -0.2) is 25.2 Å². The lowest BCUT2D eigenvalue weighted by Crippen LogP contribution is -2.27. The van der Waals surface area contributed by atoms with E-state index < -0.39 is 5.91 Å². The Kier molecular flexibility index (Phi) is 4.02. The van der Waals surface area contributed by atoms with Crippen LogP contribution in [0.1, 0.15) is 5.56 Å². The molecule has 1 amide bonds. The molecule has 3 rings (SSSR count). The fourth-order valence-electron chi connectivity index (χ4n) is 2.22. The number of hydrogen-bond acceptors (Lipinski definition) is 5. The highest BCUT2D eigenvalue weighted by molar-refractivity contribution is 6.32. The fraction of sp³-hybridized carbons (Fsp3) is 0.133. The molecule has 8 nitrogen and oxygen atoms in total. The summed E-state index contributed by atoms with van der Waals surface area (Å²) < 4.78 is 2.69. The predicted molar refractivity (Wildman–Crippen MR) is 87.6 cm³/mol. The topological polar surface area (TPSA) is 106 Å². The molecule has 2 aromatic heterocycles. The molecule has 0 aliphatic heterocycles. The Bertz CT molecular complexity index is 1050. The standard InChI is InChI=1S/C15H11ClN6O2/c1-21-14-11(6-19-21)15(24)22(8-18-14)7-13(23)20-10-3-2-9(5-17)12(16)4-10/h2-4,6,8H,7H2,1H3,(H,20,23). The first-order valence-electron chi connectivity index (χ1n) is 6.86. The number of benzene rings is 1. The summed E-state index contributed by atoms with van der Waals surface area (Å²) in [5.41, 5.74) is 0.862. The normalized spacial score (nSPS) is 10.5. The molecule has 1 aromatic carbocycles. The molecule has 120 valence electrons. The van der Waals surface area contributed by atoms with Gasteiger partial charge in [0.05, 0.1) is 16.8 Å². The monoisotopic (exact) mass is 342 g/mol. The van der Waals surface area contributed by atoms with Gasteiger partial charge in [-0.2, -0.15) is 10.4 Å².